The highest BCUT2D eigenvalue weighted by molar-refractivity contribution is 7.89. The van der Waals surface area contributed by atoms with Crippen LogP contribution in [0.5, 0.6) is 0 Å². The van der Waals surface area contributed by atoms with Crippen LogP contribution in [0, 0.1) is 0 Å². The van der Waals surface area contributed by atoms with Crippen molar-refractivity contribution in [1.29, 1.82) is 0 Å². The maximum absolute atomic E-state index is 12.1. The van der Waals surface area contributed by atoms with E-state index in [4.69, 9.17) is 23.2 Å². The molecule has 100 valence electrons. The summed E-state index contributed by atoms with van der Waals surface area (Å²) in [5.41, 5.74) is -0.930. The SMILES string of the molecule is O=S(=O)(NCC1(O)CCC1)c1c(Cl)cccc1Cl. The van der Waals surface area contributed by atoms with E-state index in [1.54, 1.807) is 6.07 Å². The summed E-state index contributed by atoms with van der Waals surface area (Å²) < 4.78 is 26.5. The van der Waals surface area contributed by atoms with Crippen LogP contribution in [-0.4, -0.2) is 25.7 Å². The Morgan fingerprint density at radius 3 is 2.28 bits per heavy atom. The molecule has 1 aromatic rings. The van der Waals surface area contributed by atoms with Crippen molar-refractivity contribution in [2.75, 3.05) is 6.54 Å². The molecule has 2 N–H and O–H groups in total. The van der Waals surface area contributed by atoms with E-state index in [9.17, 15) is 13.5 Å². The standard InChI is InChI=1S/C11H13Cl2NO3S/c12-8-3-1-4-9(13)10(8)18(16,17)14-7-11(15)5-2-6-11/h1,3-4,14-15H,2,5-7H2. The van der Waals surface area contributed by atoms with Crippen molar-refractivity contribution < 1.29 is 13.5 Å². The third-order valence-corrected chi connectivity index (χ3v) is 5.42. The second-order valence-corrected chi connectivity index (χ2v) is 6.97. The highest BCUT2D eigenvalue weighted by Gasteiger charge is 2.36. The Kier molecular flexibility index (Phi) is 3.90. The smallest absolute Gasteiger partial charge is 0.243 e. The van der Waals surface area contributed by atoms with Gasteiger partial charge in [-0.1, -0.05) is 29.3 Å². The number of rotatable bonds is 4. The fourth-order valence-corrected chi connectivity index (χ4v) is 4.06. The average molecular weight is 310 g/mol. The molecule has 0 spiro atoms. The molecule has 2 rings (SSSR count). The van der Waals surface area contributed by atoms with E-state index in [1.165, 1.54) is 12.1 Å². The van der Waals surface area contributed by atoms with Gasteiger partial charge in [0.2, 0.25) is 10.0 Å². The predicted octanol–water partition coefficient (Wildman–Crippen LogP) is 2.19. The van der Waals surface area contributed by atoms with Gasteiger partial charge in [-0.3, -0.25) is 0 Å². The van der Waals surface area contributed by atoms with E-state index in [-0.39, 0.29) is 21.5 Å². The van der Waals surface area contributed by atoms with Crippen molar-refractivity contribution in [3.63, 3.8) is 0 Å². The Morgan fingerprint density at radius 1 is 1.28 bits per heavy atom. The summed E-state index contributed by atoms with van der Waals surface area (Å²) in [6.07, 6.45) is 2.11. The van der Waals surface area contributed by atoms with Gasteiger partial charge in [0.05, 0.1) is 15.6 Å². The van der Waals surface area contributed by atoms with Crippen LogP contribution in [0.1, 0.15) is 19.3 Å². The first kappa shape index (κ1) is 14.1. The molecule has 7 heteroatoms. The molecule has 0 atom stereocenters. The minimum atomic E-state index is -3.80. The van der Waals surface area contributed by atoms with Gasteiger partial charge in [-0.2, -0.15) is 0 Å². The molecule has 1 fully saturated rings. The van der Waals surface area contributed by atoms with Crippen LogP contribution in [0.4, 0.5) is 0 Å². The Bertz CT molecular complexity index is 535. The third kappa shape index (κ3) is 2.81. The maximum atomic E-state index is 12.1. The molecule has 4 nitrogen and oxygen atoms in total. The van der Waals surface area contributed by atoms with Crippen LogP contribution < -0.4 is 4.72 Å². The second kappa shape index (κ2) is 4.98. The van der Waals surface area contributed by atoms with E-state index in [2.05, 4.69) is 4.72 Å². The summed E-state index contributed by atoms with van der Waals surface area (Å²) in [6.45, 7) is -0.0170. The Morgan fingerprint density at radius 2 is 1.83 bits per heavy atom. The summed E-state index contributed by atoms with van der Waals surface area (Å²) in [6, 6.07) is 4.49. The van der Waals surface area contributed by atoms with Crippen LogP contribution in [0.25, 0.3) is 0 Å². The minimum absolute atomic E-state index is 0.0170. The number of sulfonamides is 1. The largest absolute Gasteiger partial charge is 0.389 e. The second-order valence-electron chi connectivity index (χ2n) is 4.45. The van der Waals surface area contributed by atoms with Crippen LogP contribution >= 0.6 is 23.2 Å². The highest BCUT2D eigenvalue weighted by Crippen LogP contribution is 2.32. The van der Waals surface area contributed by atoms with E-state index in [0.29, 0.717) is 12.8 Å². The number of benzene rings is 1. The highest BCUT2D eigenvalue weighted by atomic mass is 35.5. The van der Waals surface area contributed by atoms with E-state index in [1.807, 2.05) is 0 Å². The summed E-state index contributed by atoms with van der Waals surface area (Å²) >= 11 is 11.7. The fourth-order valence-electron chi connectivity index (χ4n) is 1.80. The van der Waals surface area contributed by atoms with Gasteiger partial charge in [-0.05, 0) is 31.4 Å². The van der Waals surface area contributed by atoms with Crippen LogP contribution in [0.3, 0.4) is 0 Å². The summed E-state index contributed by atoms with van der Waals surface area (Å²) in [7, 11) is -3.80. The summed E-state index contributed by atoms with van der Waals surface area (Å²) in [4.78, 5) is -0.142. The summed E-state index contributed by atoms with van der Waals surface area (Å²) in [5.74, 6) is 0. The first-order valence-electron chi connectivity index (χ1n) is 5.50. The molecular weight excluding hydrogens is 297 g/mol. The quantitative estimate of drug-likeness (QED) is 0.896. The van der Waals surface area contributed by atoms with Crippen molar-refractivity contribution in [2.24, 2.45) is 0 Å². The monoisotopic (exact) mass is 309 g/mol. The molecule has 0 unspecified atom stereocenters. The number of halogens is 2. The van der Waals surface area contributed by atoms with Crippen LogP contribution in [-0.2, 0) is 10.0 Å². The molecule has 0 saturated heterocycles. The van der Waals surface area contributed by atoms with Gasteiger partial charge >= 0.3 is 0 Å². The molecule has 0 amide bonds. The van der Waals surface area contributed by atoms with Crippen molar-refractivity contribution in [2.45, 2.75) is 29.8 Å². The van der Waals surface area contributed by atoms with Gasteiger partial charge in [-0.25, -0.2) is 13.1 Å². The number of aliphatic hydroxyl groups is 1. The zero-order valence-corrected chi connectivity index (χ0v) is 11.8. The Hall–Kier alpha value is -0.330. The lowest BCUT2D eigenvalue weighted by Gasteiger charge is -2.36. The molecule has 0 heterocycles. The molecule has 0 bridgehead atoms. The Labute approximate surface area is 116 Å². The van der Waals surface area contributed by atoms with Gasteiger partial charge in [0.1, 0.15) is 4.90 Å². The van der Waals surface area contributed by atoms with Crippen LogP contribution in [0.15, 0.2) is 23.1 Å². The van der Waals surface area contributed by atoms with E-state index in [0.717, 1.165) is 6.42 Å². The Balaban J connectivity index is 2.20. The molecule has 0 aromatic heterocycles. The van der Waals surface area contributed by atoms with Crippen molar-refractivity contribution in [1.82, 2.24) is 4.72 Å². The molecular formula is C11H13Cl2NO3S. The predicted molar refractivity (Wildman–Crippen MR) is 70.5 cm³/mol. The molecule has 1 saturated carbocycles. The molecule has 1 aliphatic carbocycles. The average Bonchev–Trinajstić information content (AvgIpc) is 2.23. The molecule has 1 aliphatic rings. The van der Waals surface area contributed by atoms with Crippen molar-refractivity contribution in [3.05, 3.63) is 28.2 Å². The van der Waals surface area contributed by atoms with Crippen molar-refractivity contribution >= 4 is 33.2 Å². The maximum Gasteiger partial charge on any atom is 0.243 e. The van der Waals surface area contributed by atoms with Gasteiger partial charge < -0.3 is 5.11 Å². The van der Waals surface area contributed by atoms with Gasteiger partial charge in [0.15, 0.2) is 0 Å². The zero-order chi connectivity index (χ0) is 13.4. The number of nitrogens with one attached hydrogen (secondary N) is 1. The first-order valence-corrected chi connectivity index (χ1v) is 7.74. The van der Waals surface area contributed by atoms with Gasteiger partial charge in [-0.15, -0.1) is 0 Å². The zero-order valence-electron chi connectivity index (χ0n) is 9.49. The topological polar surface area (TPSA) is 66.4 Å². The molecule has 0 aliphatic heterocycles. The lowest BCUT2D eigenvalue weighted by atomic mass is 9.81. The fraction of sp³-hybridized carbons (Fsp3) is 0.455. The lowest BCUT2D eigenvalue weighted by Crippen LogP contribution is -2.47. The van der Waals surface area contributed by atoms with Crippen molar-refractivity contribution in [3.8, 4) is 0 Å². The summed E-state index contributed by atoms with van der Waals surface area (Å²) in [5, 5.41) is 10.00. The van der Waals surface area contributed by atoms with E-state index >= 15 is 0 Å². The van der Waals surface area contributed by atoms with Gasteiger partial charge in [0, 0.05) is 6.54 Å². The molecule has 1 aromatic carbocycles. The first-order chi connectivity index (χ1) is 8.34. The normalized spacial score (nSPS) is 18.4. The van der Waals surface area contributed by atoms with E-state index < -0.39 is 15.6 Å². The number of hydrogen-bond acceptors (Lipinski definition) is 3. The third-order valence-electron chi connectivity index (χ3n) is 3.06. The van der Waals surface area contributed by atoms with Gasteiger partial charge in [0.25, 0.3) is 0 Å². The molecule has 0 radical (unpaired) electrons. The molecule has 18 heavy (non-hydrogen) atoms. The number of hydrogen-bond donors (Lipinski definition) is 2. The minimum Gasteiger partial charge on any atom is -0.389 e. The lowest BCUT2D eigenvalue weighted by molar-refractivity contribution is -0.0270. The van der Waals surface area contributed by atoms with Crippen LogP contribution in [0.2, 0.25) is 10.0 Å².